The number of hydrogen-bond acceptors (Lipinski definition) is 2. The van der Waals surface area contributed by atoms with E-state index in [1.165, 1.54) is 49.7 Å². The third-order valence-electron chi connectivity index (χ3n) is 5.68. The first-order chi connectivity index (χ1) is 10.1. The van der Waals surface area contributed by atoms with Gasteiger partial charge < -0.3 is 10.4 Å². The third-order valence-corrected chi connectivity index (χ3v) is 5.68. The Labute approximate surface area is 129 Å². The van der Waals surface area contributed by atoms with Gasteiger partial charge in [-0.2, -0.15) is 0 Å². The van der Waals surface area contributed by atoms with Crippen LogP contribution >= 0.6 is 0 Å². The van der Waals surface area contributed by atoms with Crippen LogP contribution in [0.5, 0.6) is 0 Å². The molecule has 2 N–H and O–H groups in total. The lowest BCUT2D eigenvalue weighted by atomic mass is 9.70. The molecule has 21 heavy (non-hydrogen) atoms. The summed E-state index contributed by atoms with van der Waals surface area (Å²) in [6.45, 7) is 5.05. The van der Waals surface area contributed by atoms with E-state index >= 15 is 0 Å². The standard InChI is InChI=1S/C19H29NO/c1-19(2)12-11-18(15-8-4-5-9-16(15)19)20-17-10-6-3-7-14(17)13-21/h4-5,8-9,14,17-18,20-21H,3,6-7,10-13H2,1-2H3. The summed E-state index contributed by atoms with van der Waals surface area (Å²) in [5.74, 6) is 0.445. The molecule has 2 aliphatic rings. The molecule has 0 aromatic heterocycles. The maximum Gasteiger partial charge on any atom is 0.0474 e. The summed E-state index contributed by atoms with van der Waals surface area (Å²) >= 11 is 0. The van der Waals surface area contributed by atoms with E-state index in [0.717, 1.165) is 0 Å². The molecular formula is C19H29NO. The molecule has 1 fully saturated rings. The maximum atomic E-state index is 9.63. The average molecular weight is 287 g/mol. The molecule has 0 saturated heterocycles. The molecule has 0 amide bonds. The summed E-state index contributed by atoms with van der Waals surface area (Å²) in [5.41, 5.74) is 3.28. The van der Waals surface area contributed by atoms with Crippen LogP contribution in [0.15, 0.2) is 24.3 Å². The molecule has 1 aromatic carbocycles. The normalized spacial score (nSPS) is 31.7. The van der Waals surface area contributed by atoms with Crippen LogP contribution in [0.4, 0.5) is 0 Å². The smallest absolute Gasteiger partial charge is 0.0474 e. The van der Waals surface area contributed by atoms with Crippen LogP contribution in [0.2, 0.25) is 0 Å². The van der Waals surface area contributed by atoms with E-state index < -0.39 is 0 Å². The molecule has 0 heterocycles. The topological polar surface area (TPSA) is 32.3 Å². The Hall–Kier alpha value is -0.860. The lowest BCUT2D eigenvalue weighted by Crippen LogP contribution is -2.44. The highest BCUT2D eigenvalue weighted by Crippen LogP contribution is 2.42. The third kappa shape index (κ3) is 3.02. The number of fused-ring (bicyclic) bond motifs is 1. The molecule has 0 aliphatic heterocycles. The Kier molecular flexibility index (Phi) is 4.37. The Balaban J connectivity index is 1.80. The summed E-state index contributed by atoms with van der Waals surface area (Å²) < 4.78 is 0. The fraction of sp³-hybridized carbons (Fsp3) is 0.684. The van der Waals surface area contributed by atoms with Gasteiger partial charge in [0.2, 0.25) is 0 Å². The number of aliphatic hydroxyl groups excluding tert-OH is 1. The van der Waals surface area contributed by atoms with Crippen LogP contribution < -0.4 is 5.32 Å². The predicted molar refractivity (Wildman–Crippen MR) is 87.4 cm³/mol. The van der Waals surface area contributed by atoms with Crippen molar-refractivity contribution in [1.29, 1.82) is 0 Å². The number of aliphatic hydroxyl groups is 1. The zero-order valence-corrected chi connectivity index (χ0v) is 13.4. The zero-order chi connectivity index (χ0) is 14.9. The molecule has 0 bridgehead atoms. The van der Waals surface area contributed by atoms with Gasteiger partial charge in [0.1, 0.15) is 0 Å². The second-order valence-electron chi connectivity index (χ2n) is 7.56. The highest BCUT2D eigenvalue weighted by molar-refractivity contribution is 5.38. The van der Waals surface area contributed by atoms with Gasteiger partial charge in [-0.15, -0.1) is 0 Å². The number of hydrogen-bond donors (Lipinski definition) is 2. The average Bonchev–Trinajstić information content (AvgIpc) is 2.51. The lowest BCUT2D eigenvalue weighted by molar-refractivity contribution is 0.141. The van der Waals surface area contributed by atoms with Crippen molar-refractivity contribution in [2.45, 2.75) is 69.9 Å². The Bertz CT molecular complexity index is 482. The molecule has 116 valence electrons. The van der Waals surface area contributed by atoms with Crippen molar-refractivity contribution in [2.24, 2.45) is 5.92 Å². The second kappa shape index (κ2) is 6.10. The fourth-order valence-electron chi connectivity index (χ4n) is 4.29. The summed E-state index contributed by atoms with van der Waals surface area (Å²) in [6.07, 6.45) is 7.41. The van der Waals surface area contributed by atoms with Crippen molar-refractivity contribution in [2.75, 3.05) is 6.61 Å². The van der Waals surface area contributed by atoms with Gasteiger partial charge >= 0.3 is 0 Å². The molecule has 1 aromatic rings. The Morgan fingerprint density at radius 2 is 1.90 bits per heavy atom. The molecule has 0 radical (unpaired) electrons. The minimum atomic E-state index is 0.289. The van der Waals surface area contributed by atoms with Gasteiger partial charge in [0.05, 0.1) is 0 Å². The summed E-state index contributed by atoms with van der Waals surface area (Å²) in [7, 11) is 0. The predicted octanol–water partition coefficient (Wildman–Crippen LogP) is 3.94. The van der Waals surface area contributed by atoms with E-state index in [4.69, 9.17) is 0 Å². The number of rotatable bonds is 3. The molecule has 2 nitrogen and oxygen atoms in total. The van der Waals surface area contributed by atoms with E-state index in [-0.39, 0.29) is 5.41 Å². The largest absolute Gasteiger partial charge is 0.396 e. The Morgan fingerprint density at radius 1 is 1.14 bits per heavy atom. The van der Waals surface area contributed by atoms with Crippen LogP contribution in [0.1, 0.15) is 69.5 Å². The van der Waals surface area contributed by atoms with E-state index in [2.05, 4.69) is 43.4 Å². The van der Waals surface area contributed by atoms with Crippen LogP contribution in [-0.2, 0) is 5.41 Å². The second-order valence-corrected chi connectivity index (χ2v) is 7.56. The van der Waals surface area contributed by atoms with Gasteiger partial charge in [0, 0.05) is 18.7 Å². The maximum absolute atomic E-state index is 9.63. The van der Waals surface area contributed by atoms with Crippen molar-refractivity contribution >= 4 is 0 Å². The first kappa shape index (κ1) is 15.1. The molecule has 3 rings (SSSR count). The quantitative estimate of drug-likeness (QED) is 0.882. The molecule has 0 spiro atoms. The van der Waals surface area contributed by atoms with Crippen molar-refractivity contribution in [1.82, 2.24) is 5.32 Å². The first-order valence-corrected chi connectivity index (χ1v) is 8.58. The van der Waals surface area contributed by atoms with Gasteiger partial charge in [-0.25, -0.2) is 0 Å². The summed E-state index contributed by atoms with van der Waals surface area (Å²) in [6, 6.07) is 9.88. The monoisotopic (exact) mass is 287 g/mol. The number of benzene rings is 1. The van der Waals surface area contributed by atoms with E-state index in [1.807, 2.05) is 0 Å². The summed E-state index contributed by atoms with van der Waals surface area (Å²) in [5, 5.41) is 13.5. The number of nitrogens with one attached hydrogen (secondary N) is 1. The molecule has 1 saturated carbocycles. The first-order valence-electron chi connectivity index (χ1n) is 8.58. The van der Waals surface area contributed by atoms with Crippen LogP contribution in [-0.4, -0.2) is 17.8 Å². The fourth-order valence-corrected chi connectivity index (χ4v) is 4.29. The lowest BCUT2D eigenvalue weighted by Gasteiger charge is -2.41. The molecule has 3 atom stereocenters. The van der Waals surface area contributed by atoms with Gasteiger partial charge in [-0.1, -0.05) is 51.0 Å². The zero-order valence-electron chi connectivity index (χ0n) is 13.4. The van der Waals surface area contributed by atoms with E-state index in [9.17, 15) is 5.11 Å². The van der Waals surface area contributed by atoms with E-state index in [1.54, 1.807) is 0 Å². The highest BCUT2D eigenvalue weighted by atomic mass is 16.3. The van der Waals surface area contributed by atoms with E-state index in [0.29, 0.717) is 24.6 Å². The molecular weight excluding hydrogens is 258 g/mol. The molecule has 2 heteroatoms. The van der Waals surface area contributed by atoms with Gasteiger partial charge in [-0.3, -0.25) is 0 Å². The van der Waals surface area contributed by atoms with Gasteiger partial charge in [-0.05, 0) is 48.1 Å². The Morgan fingerprint density at radius 3 is 2.71 bits per heavy atom. The van der Waals surface area contributed by atoms with Crippen molar-refractivity contribution in [3.63, 3.8) is 0 Å². The van der Waals surface area contributed by atoms with Gasteiger partial charge in [0.15, 0.2) is 0 Å². The minimum Gasteiger partial charge on any atom is -0.396 e. The van der Waals surface area contributed by atoms with Crippen molar-refractivity contribution in [3.8, 4) is 0 Å². The summed E-state index contributed by atoms with van der Waals surface area (Å²) in [4.78, 5) is 0. The molecule has 3 unspecified atom stereocenters. The molecule has 2 aliphatic carbocycles. The van der Waals surface area contributed by atoms with Crippen molar-refractivity contribution < 1.29 is 5.11 Å². The van der Waals surface area contributed by atoms with Gasteiger partial charge in [0.25, 0.3) is 0 Å². The van der Waals surface area contributed by atoms with Crippen LogP contribution in [0.25, 0.3) is 0 Å². The minimum absolute atomic E-state index is 0.289. The van der Waals surface area contributed by atoms with Crippen LogP contribution in [0, 0.1) is 5.92 Å². The van der Waals surface area contributed by atoms with Crippen molar-refractivity contribution in [3.05, 3.63) is 35.4 Å². The highest BCUT2D eigenvalue weighted by Gasteiger charge is 2.34. The SMILES string of the molecule is CC1(C)CCC(NC2CCCCC2CO)c2ccccc21. The van der Waals surface area contributed by atoms with Crippen LogP contribution in [0.3, 0.4) is 0 Å².